The monoisotopic (exact) mass is 546 g/mol. The molecule has 2 aromatic carbocycles. The second kappa shape index (κ2) is 11.2. The predicted octanol–water partition coefficient (Wildman–Crippen LogP) is -0.707. The normalized spacial score (nSPS) is 10.3. The van der Waals surface area contributed by atoms with Gasteiger partial charge in [-0.2, -0.15) is 0 Å². The molecular formula is C20H20N2O8Te. The predicted molar refractivity (Wildman–Crippen MR) is 113 cm³/mol. The molecule has 4 N–H and O–H groups in total. The number of hydrogen-bond donors (Lipinski definition) is 4. The van der Waals surface area contributed by atoms with Gasteiger partial charge < -0.3 is 0 Å². The average molecular weight is 544 g/mol. The van der Waals surface area contributed by atoms with Crippen molar-refractivity contribution in [3.05, 3.63) is 48.5 Å². The van der Waals surface area contributed by atoms with Crippen LogP contribution in [0.3, 0.4) is 0 Å². The molecule has 10 nitrogen and oxygen atoms in total. The van der Waals surface area contributed by atoms with Gasteiger partial charge in [0.1, 0.15) is 0 Å². The summed E-state index contributed by atoms with van der Waals surface area (Å²) in [6.45, 7) is -1.69. The molecule has 0 aromatic heterocycles. The maximum absolute atomic E-state index is 11.0. The Bertz CT molecular complexity index is 837. The minimum absolute atomic E-state index is 0.424. The molecule has 0 aliphatic carbocycles. The van der Waals surface area contributed by atoms with Gasteiger partial charge in [0.2, 0.25) is 0 Å². The zero-order valence-corrected chi connectivity index (χ0v) is 18.5. The van der Waals surface area contributed by atoms with E-state index in [2.05, 4.69) is 0 Å². The second-order valence-corrected chi connectivity index (χ2v) is 9.65. The Balaban J connectivity index is 2.10. The molecule has 0 spiro atoms. The van der Waals surface area contributed by atoms with Gasteiger partial charge in [-0.25, -0.2) is 0 Å². The molecule has 0 atom stereocenters. The fourth-order valence-electron chi connectivity index (χ4n) is 2.72. The van der Waals surface area contributed by atoms with Crippen molar-refractivity contribution in [2.24, 2.45) is 0 Å². The van der Waals surface area contributed by atoms with E-state index < -0.39 is 71.0 Å². The van der Waals surface area contributed by atoms with E-state index in [1.54, 1.807) is 24.3 Å². The Hall–Kier alpha value is -3.29. The van der Waals surface area contributed by atoms with Crippen molar-refractivity contribution in [2.45, 2.75) is 0 Å². The van der Waals surface area contributed by atoms with Crippen molar-refractivity contribution in [1.29, 1.82) is 0 Å². The number of benzene rings is 2. The van der Waals surface area contributed by atoms with Crippen LogP contribution in [0.25, 0.3) is 0 Å². The molecule has 0 unspecified atom stereocenters. The molecule has 2 rings (SSSR count). The van der Waals surface area contributed by atoms with Crippen LogP contribution >= 0.6 is 0 Å². The summed E-state index contributed by atoms with van der Waals surface area (Å²) in [6, 6.07) is 14.0. The second-order valence-electron chi connectivity index (χ2n) is 6.38. The van der Waals surface area contributed by atoms with Gasteiger partial charge in [-0.3, -0.25) is 0 Å². The number of hydrogen-bond acceptors (Lipinski definition) is 6. The summed E-state index contributed by atoms with van der Waals surface area (Å²) in [5.74, 6) is -4.50. The molecule has 0 heterocycles. The number of nitrogens with zero attached hydrogens (tertiary/aromatic N) is 2. The van der Waals surface area contributed by atoms with Crippen molar-refractivity contribution in [1.82, 2.24) is 0 Å². The molecule has 164 valence electrons. The number of anilines is 2. The third kappa shape index (κ3) is 8.16. The number of carboxylic acid groups (broad SMARTS) is 4. The molecule has 0 aliphatic rings. The van der Waals surface area contributed by atoms with E-state index in [1.807, 2.05) is 24.3 Å². The Labute approximate surface area is 187 Å². The molecular weight excluding hydrogens is 524 g/mol. The first-order valence-corrected chi connectivity index (χ1v) is 11.2. The minimum atomic E-state index is -1.13. The van der Waals surface area contributed by atoms with Crippen LogP contribution in [-0.4, -0.2) is 91.4 Å². The van der Waals surface area contributed by atoms with Crippen LogP contribution in [0.15, 0.2) is 48.5 Å². The summed E-state index contributed by atoms with van der Waals surface area (Å²) in [5.41, 5.74) is 0.990. The van der Waals surface area contributed by atoms with E-state index in [0.717, 1.165) is 7.22 Å². The average Bonchev–Trinajstić information content (AvgIpc) is 2.67. The molecule has 0 amide bonds. The third-order valence-electron chi connectivity index (χ3n) is 3.94. The number of carboxylic acids is 4. The zero-order chi connectivity index (χ0) is 23.0. The van der Waals surface area contributed by atoms with E-state index in [0.29, 0.717) is 11.4 Å². The molecule has 0 saturated heterocycles. The fraction of sp³-hybridized carbons (Fsp3) is 0.200. The van der Waals surface area contributed by atoms with Gasteiger partial charge in [-0.15, -0.1) is 0 Å². The zero-order valence-electron chi connectivity index (χ0n) is 16.2. The molecule has 0 bridgehead atoms. The Morgan fingerprint density at radius 2 is 0.806 bits per heavy atom. The van der Waals surface area contributed by atoms with Gasteiger partial charge in [0, 0.05) is 0 Å². The Morgan fingerprint density at radius 3 is 1.03 bits per heavy atom. The summed E-state index contributed by atoms with van der Waals surface area (Å²) < 4.78 is 2.06. The first-order valence-electron chi connectivity index (χ1n) is 8.89. The summed E-state index contributed by atoms with van der Waals surface area (Å²) >= 11 is -0.814. The molecule has 11 heteroatoms. The summed E-state index contributed by atoms with van der Waals surface area (Å²) in [7, 11) is 0. The Morgan fingerprint density at radius 1 is 0.548 bits per heavy atom. The SMILES string of the molecule is O=C(O)CN(CC(=O)O)c1ccc([Te]c2ccc(N(CC(=O)O)CC(=O)O)cc2)cc1. The quantitative estimate of drug-likeness (QED) is 0.252. The van der Waals surface area contributed by atoms with Gasteiger partial charge in [0.15, 0.2) is 0 Å². The molecule has 0 saturated carbocycles. The fourth-order valence-corrected chi connectivity index (χ4v) is 5.05. The van der Waals surface area contributed by atoms with Crippen molar-refractivity contribution in [3.63, 3.8) is 0 Å². The maximum atomic E-state index is 11.0. The molecule has 0 fully saturated rings. The van der Waals surface area contributed by atoms with E-state index in [4.69, 9.17) is 20.4 Å². The molecule has 0 aliphatic heterocycles. The van der Waals surface area contributed by atoms with Gasteiger partial charge in [0.05, 0.1) is 0 Å². The van der Waals surface area contributed by atoms with Crippen LogP contribution in [0.4, 0.5) is 11.4 Å². The van der Waals surface area contributed by atoms with Crippen LogP contribution < -0.4 is 17.0 Å². The third-order valence-corrected chi connectivity index (χ3v) is 6.84. The van der Waals surface area contributed by atoms with Crippen LogP contribution in [0, 0.1) is 0 Å². The number of carbonyl (C=O) groups is 4. The van der Waals surface area contributed by atoms with Crippen LogP contribution in [-0.2, 0) is 19.2 Å². The van der Waals surface area contributed by atoms with E-state index in [1.165, 1.54) is 9.80 Å². The van der Waals surface area contributed by atoms with Crippen molar-refractivity contribution in [3.8, 4) is 0 Å². The number of rotatable bonds is 12. The molecule has 31 heavy (non-hydrogen) atoms. The van der Waals surface area contributed by atoms with Gasteiger partial charge in [0.25, 0.3) is 0 Å². The number of aliphatic carboxylic acids is 4. The summed E-state index contributed by atoms with van der Waals surface area (Å²) in [5, 5.41) is 35.9. The van der Waals surface area contributed by atoms with Crippen molar-refractivity contribution < 1.29 is 39.6 Å². The van der Waals surface area contributed by atoms with E-state index in [9.17, 15) is 19.2 Å². The molecule has 0 radical (unpaired) electrons. The van der Waals surface area contributed by atoms with Crippen molar-refractivity contribution in [2.75, 3.05) is 36.0 Å². The van der Waals surface area contributed by atoms with Gasteiger partial charge in [-0.05, 0) is 0 Å². The molecule has 2 aromatic rings. The Kier molecular flexibility index (Phi) is 8.66. The van der Waals surface area contributed by atoms with Crippen molar-refractivity contribution >= 4 is 63.4 Å². The topological polar surface area (TPSA) is 156 Å². The van der Waals surface area contributed by atoms with Crippen LogP contribution in [0.2, 0.25) is 0 Å². The summed E-state index contributed by atoms with van der Waals surface area (Å²) in [4.78, 5) is 46.4. The first-order chi connectivity index (χ1) is 14.6. The van der Waals surface area contributed by atoms with Gasteiger partial charge in [-0.1, -0.05) is 0 Å². The first kappa shape index (κ1) is 24.0. The van der Waals surface area contributed by atoms with Gasteiger partial charge >= 0.3 is 188 Å². The standard InChI is InChI=1S/C20H20N2O8Te/c23-17(24)9-21(10-18(25)26)13-1-5-15(6-2-13)31-16-7-3-14(4-8-16)22(11-19(27)28)12-20(29)30/h1-8H,9-12H2,(H,23,24)(H,25,26)(H,27,28)(H,29,30). The van der Waals surface area contributed by atoms with E-state index >= 15 is 0 Å². The van der Waals surface area contributed by atoms with E-state index in [-0.39, 0.29) is 0 Å². The van der Waals surface area contributed by atoms with Crippen LogP contribution in [0.5, 0.6) is 0 Å². The summed E-state index contributed by atoms with van der Waals surface area (Å²) in [6.07, 6.45) is 0. The van der Waals surface area contributed by atoms with Crippen LogP contribution in [0.1, 0.15) is 0 Å².